The van der Waals surface area contributed by atoms with Gasteiger partial charge >= 0.3 is 0 Å². The highest BCUT2D eigenvalue weighted by Crippen LogP contribution is 2.16. The summed E-state index contributed by atoms with van der Waals surface area (Å²) in [6.07, 6.45) is -0.348. The van der Waals surface area contributed by atoms with Gasteiger partial charge in [-0.15, -0.1) is 0 Å². The standard InChI is InChI=1S/C9H9FN4S/c10-6-3-1-5(2-4-6)7-12-8(11)14-9(15)13-7/h1-4,7H,(H4,11,12,13,14,15). The van der Waals surface area contributed by atoms with E-state index in [1.807, 2.05) is 0 Å². The number of nitrogens with zero attached hydrogens (tertiary/aromatic N) is 1. The summed E-state index contributed by atoms with van der Waals surface area (Å²) in [6, 6.07) is 6.01. The molecule has 0 fully saturated rings. The number of benzene rings is 1. The number of rotatable bonds is 1. The van der Waals surface area contributed by atoms with Gasteiger partial charge in [-0.1, -0.05) is 12.1 Å². The van der Waals surface area contributed by atoms with Crippen LogP contribution in [0, 0.1) is 5.82 Å². The SMILES string of the molecule is NC1=NC(c2ccc(F)cc2)NC(=S)N1. The lowest BCUT2D eigenvalue weighted by Gasteiger charge is -2.23. The minimum absolute atomic E-state index is 0.257. The summed E-state index contributed by atoms with van der Waals surface area (Å²) < 4.78 is 12.7. The lowest BCUT2D eigenvalue weighted by Crippen LogP contribution is -2.49. The third-order valence-electron chi connectivity index (χ3n) is 1.96. The van der Waals surface area contributed by atoms with Crippen LogP contribution < -0.4 is 16.4 Å². The van der Waals surface area contributed by atoms with Crippen LogP contribution in [0.3, 0.4) is 0 Å². The Morgan fingerprint density at radius 3 is 2.60 bits per heavy atom. The van der Waals surface area contributed by atoms with E-state index >= 15 is 0 Å². The maximum Gasteiger partial charge on any atom is 0.197 e. The molecule has 1 aromatic carbocycles. The molecule has 0 bridgehead atoms. The first-order chi connectivity index (χ1) is 7.15. The molecule has 1 atom stereocenters. The monoisotopic (exact) mass is 224 g/mol. The fraction of sp³-hybridized carbons (Fsp3) is 0.111. The summed E-state index contributed by atoms with van der Waals surface area (Å²) in [5.74, 6) is -0.0275. The fourth-order valence-electron chi connectivity index (χ4n) is 1.28. The molecule has 1 aliphatic rings. The summed E-state index contributed by atoms with van der Waals surface area (Å²) in [4.78, 5) is 4.09. The van der Waals surface area contributed by atoms with Crippen molar-refractivity contribution in [2.24, 2.45) is 10.7 Å². The molecule has 78 valence electrons. The number of nitrogens with one attached hydrogen (secondary N) is 2. The molecule has 1 unspecified atom stereocenters. The van der Waals surface area contributed by atoms with Crippen molar-refractivity contribution in [1.82, 2.24) is 10.6 Å². The minimum Gasteiger partial charge on any atom is -0.370 e. The van der Waals surface area contributed by atoms with Crippen LogP contribution in [0.15, 0.2) is 29.3 Å². The lowest BCUT2D eigenvalue weighted by molar-refractivity contribution is 0.620. The molecule has 0 radical (unpaired) electrons. The van der Waals surface area contributed by atoms with Crippen molar-refractivity contribution < 1.29 is 4.39 Å². The first-order valence-corrected chi connectivity index (χ1v) is 4.72. The van der Waals surface area contributed by atoms with Crippen molar-refractivity contribution in [1.29, 1.82) is 0 Å². The summed E-state index contributed by atoms with van der Waals surface area (Å²) in [5.41, 5.74) is 6.33. The predicted molar refractivity (Wildman–Crippen MR) is 59.6 cm³/mol. The van der Waals surface area contributed by atoms with Gasteiger partial charge in [0.1, 0.15) is 12.0 Å². The molecule has 1 aliphatic heterocycles. The van der Waals surface area contributed by atoms with E-state index in [2.05, 4.69) is 15.6 Å². The second kappa shape index (κ2) is 3.82. The first-order valence-electron chi connectivity index (χ1n) is 4.31. The average Bonchev–Trinajstić information content (AvgIpc) is 2.17. The zero-order valence-corrected chi connectivity index (χ0v) is 8.51. The highest BCUT2D eigenvalue weighted by Gasteiger charge is 2.16. The van der Waals surface area contributed by atoms with Crippen molar-refractivity contribution in [3.63, 3.8) is 0 Å². The molecule has 6 heteroatoms. The van der Waals surface area contributed by atoms with E-state index < -0.39 is 0 Å². The molecule has 0 saturated carbocycles. The topological polar surface area (TPSA) is 62.4 Å². The molecular formula is C9H9FN4S. The zero-order chi connectivity index (χ0) is 10.8. The summed E-state index contributed by atoms with van der Waals surface area (Å²) in [7, 11) is 0. The normalized spacial score (nSPS) is 20.2. The maximum atomic E-state index is 12.7. The quantitative estimate of drug-likeness (QED) is 0.612. The van der Waals surface area contributed by atoms with E-state index in [1.165, 1.54) is 12.1 Å². The van der Waals surface area contributed by atoms with Crippen LogP contribution in [-0.4, -0.2) is 11.1 Å². The minimum atomic E-state index is -0.348. The highest BCUT2D eigenvalue weighted by atomic mass is 32.1. The molecule has 0 aliphatic carbocycles. The van der Waals surface area contributed by atoms with E-state index in [-0.39, 0.29) is 17.9 Å². The summed E-state index contributed by atoms with van der Waals surface area (Å²) >= 11 is 4.93. The zero-order valence-electron chi connectivity index (χ0n) is 7.70. The first kappa shape index (κ1) is 9.85. The summed E-state index contributed by atoms with van der Waals surface area (Å²) in [5, 5.41) is 5.99. The Bertz CT molecular complexity index is 415. The largest absolute Gasteiger partial charge is 0.370 e. The van der Waals surface area contributed by atoms with Gasteiger partial charge in [-0.3, -0.25) is 0 Å². The predicted octanol–water partition coefficient (Wildman–Crippen LogP) is 0.617. The van der Waals surface area contributed by atoms with Gasteiger partial charge in [-0.25, -0.2) is 9.38 Å². The molecule has 15 heavy (non-hydrogen) atoms. The second-order valence-electron chi connectivity index (χ2n) is 3.07. The van der Waals surface area contributed by atoms with Crippen molar-refractivity contribution >= 4 is 23.3 Å². The van der Waals surface area contributed by atoms with Crippen LogP contribution in [0.4, 0.5) is 4.39 Å². The Hall–Kier alpha value is -1.69. The van der Waals surface area contributed by atoms with Gasteiger partial charge in [0, 0.05) is 0 Å². The van der Waals surface area contributed by atoms with Crippen LogP contribution in [-0.2, 0) is 0 Å². The smallest absolute Gasteiger partial charge is 0.197 e. The van der Waals surface area contributed by atoms with Crippen LogP contribution >= 0.6 is 12.2 Å². The van der Waals surface area contributed by atoms with E-state index in [9.17, 15) is 4.39 Å². The molecule has 4 nitrogen and oxygen atoms in total. The maximum absolute atomic E-state index is 12.7. The molecule has 0 saturated heterocycles. The Morgan fingerprint density at radius 1 is 1.33 bits per heavy atom. The molecule has 4 N–H and O–H groups in total. The van der Waals surface area contributed by atoms with Crippen molar-refractivity contribution in [3.05, 3.63) is 35.6 Å². The lowest BCUT2D eigenvalue weighted by atomic mass is 10.1. The van der Waals surface area contributed by atoms with Gasteiger partial charge in [0.2, 0.25) is 0 Å². The second-order valence-corrected chi connectivity index (χ2v) is 3.48. The van der Waals surface area contributed by atoms with Gasteiger partial charge in [-0.05, 0) is 29.9 Å². The highest BCUT2D eigenvalue weighted by molar-refractivity contribution is 7.80. The molecule has 1 aromatic rings. The van der Waals surface area contributed by atoms with E-state index in [1.54, 1.807) is 12.1 Å². The third-order valence-corrected chi connectivity index (χ3v) is 2.18. The van der Waals surface area contributed by atoms with Crippen molar-refractivity contribution in [2.75, 3.05) is 0 Å². The number of aliphatic imine (C=N–C) groups is 1. The molecule has 2 rings (SSSR count). The summed E-state index contributed by atoms with van der Waals surface area (Å²) in [6.45, 7) is 0. The Balaban J connectivity index is 2.27. The Morgan fingerprint density at radius 2 is 2.00 bits per heavy atom. The third kappa shape index (κ3) is 2.21. The number of thiocarbonyl (C=S) groups is 1. The molecule has 0 aromatic heterocycles. The van der Waals surface area contributed by atoms with Crippen LogP contribution in [0.2, 0.25) is 0 Å². The van der Waals surface area contributed by atoms with Gasteiger partial charge in [-0.2, -0.15) is 0 Å². The van der Waals surface area contributed by atoms with Crippen LogP contribution in [0.1, 0.15) is 11.7 Å². The molecule has 1 heterocycles. The van der Waals surface area contributed by atoms with Crippen LogP contribution in [0.5, 0.6) is 0 Å². The van der Waals surface area contributed by atoms with E-state index in [4.69, 9.17) is 18.0 Å². The number of hydrogen-bond acceptors (Lipinski definition) is 3. The Kier molecular flexibility index (Phi) is 2.51. The van der Waals surface area contributed by atoms with Crippen LogP contribution in [0.25, 0.3) is 0 Å². The van der Waals surface area contributed by atoms with E-state index in [0.29, 0.717) is 5.11 Å². The fourth-order valence-corrected chi connectivity index (χ4v) is 1.50. The number of hydrogen-bond donors (Lipinski definition) is 3. The van der Waals surface area contributed by atoms with Crippen molar-refractivity contribution in [2.45, 2.75) is 6.17 Å². The average molecular weight is 224 g/mol. The van der Waals surface area contributed by atoms with Gasteiger partial charge in [0.15, 0.2) is 11.1 Å². The number of guanidine groups is 1. The Labute approximate surface area is 91.4 Å². The molecular weight excluding hydrogens is 215 g/mol. The van der Waals surface area contributed by atoms with Gasteiger partial charge < -0.3 is 16.4 Å². The number of halogens is 1. The molecule has 0 spiro atoms. The van der Waals surface area contributed by atoms with Crippen molar-refractivity contribution in [3.8, 4) is 0 Å². The van der Waals surface area contributed by atoms with Gasteiger partial charge in [0.25, 0.3) is 0 Å². The van der Waals surface area contributed by atoms with Gasteiger partial charge in [0.05, 0.1) is 0 Å². The number of nitrogens with two attached hydrogens (primary N) is 1. The van der Waals surface area contributed by atoms with E-state index in [0.717, 1.165) is 5.56 Å². The molecule has 0 amide bonds.